The molecule has 1 aliphatic carbocycles. The van der Waals surface area contributed by atoms with E-state index in [0.29, 0.717) is 30.5 Å². The summed E-state index contributed by atoms with van der Waals surface area (Å²) in [5, 5.41) is 7.31. The Balaban J connectivity index is 1.50. The number of rotatable bonds is 3. The van der Waals surface area contributed by atoms with Gasteiger partial charge in [-0.2, -0.15) is 5.10 Å². The summed E-state index contributed by atoms with van der Waals surface area (Å²) in [4.78, 5) is 19.2. The molecule has 0 bridgehead atoms. The number of aromatic nitrogens is 3. The van der Waals surface area contributed by atoms with Crippen LogP contribution in [-0.2, 0) is 4.74 Å². The quantitative estimate of drug-likeness (QED) is 0.941. The number of aromatic amines is 1. The van der Waals surface area contributed by atoms with Crippen molar-refractivity contribution in [2.24, 2.45) is 0 Å². The van der Waals surface area contributed by atoms with Crippen molar-refractivity contribution < 1.29 is 9.53 Å². The number of H-pyrrole nitrogens is 1. The number of amides is 1. The molecule has 1 saturated heterocycles. The van der Waals surface area contributed by atoms with Crippen LogP contribution in [-0.4, -0.2) is 51.8 Å². The summed E-state index contributed by atoms with van der Waals surface area (Å²) < 4.78 is 5.47. The van der Waals surface area contributed by atoms with Crippen LogP contribution in [0.25, 0.3) is 11.4 Å². The molecule has 1 aliphatic heterocycles. The molecule has 126 valence electrons. The van der Waals surface area contributed by atoms with E-state index in [0.717, 1.165) is 24.4 Å². The number of ether oxygens (including phenoxy) is 1. The van der Waals surface area contributed by atoms with Gasteiger partial charge < -0.3 is 9.64 Å². The standard InChI is InChI=1S/C18H22N4O2/c1-12-8-10-24-11-9-22(12)18(23)15-6-4-14(5-7-15)17-19-16(20-21-17)13-2-3-13/h4-7,12-13H,2-3,8-11H2,1H3,(H,19,20,21). The minimum atomic E-state index is 0.0632. The molecule has 2 heterocycles. The number of hydrogen-bond donors (Lipinski definition) is 1. The molecule has 1 unspecified atom stereocenters. The first-order valence-corrected chi connectivity index (χ1v) is 8.64. The molecule has 0 radical (unpaired) electrons. The average molecular weight is 326 g/mol. The first kappa shape index (κ1) is 15.3. The number of benzene rings is 1. The first-order valence-electron chi connectivity index (χ1n) is 8.64. The van der Waals surface area contributed by atoms with Gasteiger partial charge >= 0.3 is 0 Å². The Morgan fingerprint density at radius 2 is 2.00 bits per heavy atom. The molecule has 2 aliphatic rings. The van der Waals surface area contributed by atoms with Crippen molar-refractivity contribution >= 4 is 5.91 Å². The van der Waals surface area contributed by atoms with Crippen molar-refractivity contribution in [2.45, 2.75) is 38.1 Å². The fourth-order valence-corrected chi connectivity index (χ4v) is 3.07. The monoisotopic (exact) mass is 326 g/mol. The van der Waals surface area contributed by atoms with Crippen LogP contribution in [0.5, 0.6) is 0 Å². The molecule has 6 nitrogen and oxygen atoms in total. The zero-order valence-electron chi connectivity index (χ0n) is 13.9. The fraction of sp³-hybridized carbons (Fsp3) is 0.500. The highest BCUT2D eigenvalue weighted by Gasteiger charge is 2.27. The van der Waals surface area contributed by atoms with Crippen LogP contribution in [0.1, 0.15) is 48.3 Å². The third-order valence-electron chi connectivity index (χ3n) is 4.81. The van der Waals surface area contributed by atoms with Crippen LogP contribution >= 0.6 is 0 Å². The van der Waals surface area contributed by atoms with Gasteiger partial charge in [-0.05, 0) is 38.3 Å². The second kappa shape index (κ2) is 6.36. The Morgan fingerprint density at radius 1 is 1.21 bits per heavy atom. The molecular weight excluding hydrogens is 304 g/mol. The van der Waals surface area contributed by atoms with Gasteiger partial charge in [0.05, 0.1) is 6.61 Å². The largest absolute Gasteiger partial charge is 0.380 e. The van der Waals surface area contributed by atoms with E-state index in [4.69, 9.17) is 4.74 Å². The second-order valence-corrected chi connectivity index (χ2v) is 6.64. The van der Waals surface area contributed by atoms with E-state index in [1.165, 1.54) is 12.8 Å². The van der Waals surface area contributed by atoms with Crippen molar-refractivity contribution in [2.75, 3.05) is 19.8 Å². The molecule has 24 heavy (non-hydrogen) atoms. The normalized spacial score (nSPS) is 21.5. The summed E-state index contributed by atoms with van der Waals surface area (Å²) in [6, 6.07) is 7.78. The molecule has 2 aromatic rings. The zero-order valence-corrected chi connectivity index (χ0v) is 13.9. The third kappa shape index (κ3) is 3.06. The van der Waals surface area contributed by atoms with Gasteiger partial charge in [-0.3, -0.25) is 9.89 Å². The summed E-state index contributed by atoms with van der Waals surface area (Å²) in [5.41, 5.74) is 1.63. The van der Waals surface area contributed by atoms with Crippen molar-refractivity contribution in [3.05, 3.63) is 35.7 Å². The van der Waals surface area contributed by atoms with Crippen LogP contribution in [0.2, 0.25) is 0 Å². The smallest absolute Gasteiger partial charge is 0.254 e. The summed E-state index contributed by atoms with van der Waals surface area (Å²) in [7, 11) is 0. The molecule has 1 amide bonds. The molecule has 0 spiro atoms. The van der Waals surface area contributed by atoms with Crippen LogP contribution in [0.15, 0.2) is 24.3 Å². The Labute approximate surface area is 141 Å². The predicted molar refractivity (Wildman–Crippen MR) is 89.7 cm³/mol. The number of nitrogens with zero attached hydrogens (tertiary/aromatic N) is 3. The Kier molecular flexibility index (Phi) is 4.06. The minimum Gasteiger partial charge on any atom is -0.380 e. The highest BCUT2D eigenvalue weighted by atomic mass is 16.5. The van der Waals surface area contributed by atoms with Crippen LogP contribution < -0.4 is 0 Å². The second-order valence-electron chi connectivity index (χ2n) is 6.64. The number of carbonyl (C=O) groups is 1. The van der Waals surface area contributed by atoms with E-state index >= 15 is 0 Å². The maximum atomic E-state index is 12.7. The molecule has 1 aromatic carbocycles. The minimum absolute atomic E-state index is 0.0632. The van der Waals surface area contributed by atoms with Gasteiger partial charge in [0.2, 0.25) is 0 Å². The van der Waals surface area contributed by atoms with E-state index in [9.17, 15) is 4.79 Å². The van der Waals surface area contributed by atoms with Crippen LogP contribution in [0.3, 0.4) is 0 Å². The highest BCUT2D eigenvalue weighted by molar-refractivity contribution is 5.94. The maximum Gasteiger partial charge on any atom is 0.254 e. The van der Waals surface area contributed by atoms with Gasteiger partial charge in [-0.25, -0.2) is 4.98 Å². The molecule has 6 heteroatoms. The van der Waals surface area contributed by atoms with Crippen LogP contribution in [0, 0.1) is 0 Å². The van der Waals surface area contributed by atoms with E-state index in [2.05, 4.69) is 22.1 Å². The van der Waals surface area contributed by atoms with Crippen molar-refractivity contribution in [1.82, 2.24) is 20.1 Å². The Hall–Kier alpha value is -2.21. The van der Waals surface area contributed by atoms with Crippen molar-refractivity contribution in [1.29, 1.82) is 0 Å². The first-order chi connectivity index (χ1) is 11.7. The molecular formula is C18H22N4O2. The van der Waals surface area contributed by atoms with Crippen molar-refractivity contribution in [3.63, 3.8) is 0 Å². The third-order valence-corrected chi connectivity index (χ3v) is 4.81. The van der Waals surface area contributed by atoms with E-state index < -0.39 is 0 Å². The van der Waals surface area contributed by atoms with E-state index in [1.807, 2.05) is 29.2 Å². The van der Waals surface area contributed by atoms with Gasteiger partial charge in [0.15, 0.2) is 5.82 Å². The number of carbonyl (C=O) groups excluding carboxylic acids is 1. The maximum absolute atomic E-state index is 12.7. The summed E-state index contributed by atoms with van der Waals surface area (Å²) in [6.45, 7) is 4.05. The van der Waals surface area contributed by atoms with Gasteiger partial charge in [0, 0.05) is 36.2 Å². The van der Waals surface area contributed by atoms with Gasteiger partial charge in [-0.1, -0.05) is 12.1 Å². The SMILES string of the molecule is CC1CCOCCN1C(=O)c1ccc(-c2n[nH]c(C3CC3)n2)cc1. The van der Waals surface area contributed by atoms with Gasteiger partial charge in [-0.15, -0.1) is 0 Å². The lowest BCUT2D eigenvalue weighted by Gasteiger charge is -2.26. The van der Waals surface area contributed by atoms with Crippen LogP contribution in [0.4, 0.5) is 0 Å². The molecule has 1 aromatic heterocycles. The summed E-state index contributed by atoms with van der Waals surface area (Å²) >= 11 is 0. The number of nitrogens with one attached hydrogen (secondary N) is 1. The molecule has 4 rings (SSSR count). The lowest BCUT2D eigenvalue weighted by molar-refractivity contribution is 0.0687. The van der Waals surface area contributed by atoms with Gasteiger partial charge in [0.1, 0.15) is 5.82 Å². The molecule has 1 N–H and O–H groups in total. The molecule has 1 atom stereocenters. The van der Waals surface area contributed by atoms with E-state index in [-0.39, 0.29) is 11.9 Å². The lowest BCUT2D eigenvalue weighted by atomic mass is 10.1. The summed E-state index contributed by atoms with van der Waals surface area (Å²) in [5.74, 6) is 2.29. The van der Waals surface area contributed by atoms with Crippen molar-refractivity contribution in [3.8, 4) is 11.4 Å². The zero-order chi connectivity index (χ0) is 16.5. The average Bonchev–Trinajstić information content (AvgIpc) is 3.38. The molecule has 2 fully saturated rings. The lowest BCUT2D eigenvalue weighted by Crippen LogP contribution is -2.39. The molecule has 1 saturated carbocycles. The van der Waals surface area contributed by atoms with E-state index in [1.54, 1.807) is 0 Å². The van der Waals surface area contributed by atoms with Gasteiger partial charge in [0.25, 0.3) is 5.91 Å². The predicted octanol–water partition coefficient (Wildman–Crippen LogP) is 2.60. The topological polar surface area (TPSA) is 71.1 Å². The Bertz CT molecular complexity index is 721. The fourth-order valence-electron chi connectivity index (χ4n) is 3.07. The number of hydrogen-bond acceptors (Lipinski definition) is 4. The Morgan fingerprint density at radius 3 is 2.75 bits per heavy atom. The highest BCUT2D eigenvalue weighted by Crippen LogP contribution is 2.38. The summed E-state index contributed by atoms with van der Waals surface area (Å²) in [6.07, 6.45) is 3.27.